The summed E-state index contributed by atoms with van der Waals surface area (Å²) < 4.78 is 5.78. The number of amides is 1. The number of rotatable bonds is 3. The van der Waals surface area contributed by atoms with Gasteiger partial charge in [-0.25, -0.2) is 4.79 Å². The van der Waals surface area contributed by atoms with E-state index in [1.807, 2.05) is 4.90 Å². The largest absolute Gasteiger partial charge is 0.441 e. The van der Waals surface area contributed by atoms with Crippen LogP contribution in [0.4, 0.5) is 4.79 Å². The van der Waals surface area contributed by atoms with Gasteiger partial charge in [0.05, 0.1) is 6.54 Å². The van der Waals surface area contributed by atoms with Crippen LogP contribution in [0, 0.1) is 0 Å². The van der Waals surface area contributed by atoms with Crippen LogP contribution in [-0.2, 0) is 11.3 Å². The van der Waals surface area contributed by atoms with Crippen LogP contribution in [0.2, 0.25) is 0 Å². The molecule has 1 saturated carbocycles. The van der Waals surface area contributed by atoms with E-state index in [1.165, 1.54) is 36.0 Å². The normalized spacial score (nSPS) is 23.6. The third-order valence-electron chi connectivity index (χ3n) is 5.92. The second kappa shape index (κ2) is 6.83. The lowest BCUT2D eigenvalue weighted by Gasteiger charge is -2.30. The summed E-state index contributed by atoms with van der Waals surface area (Å²) in [6, 6.07) is 8.72. The molecule has 4 nitrogen and oxygen atoms in total. The Hall–Kier alpha value is -1.81. The Morgan fingerprint density at radius 3 is 2.56 bits per heavy atom. The van der Waals surface area contributed by atoms with Crippen molar-refractivity contribution < 1.29 is 9.53 Å². The number of carbonyl (C=O) groups is 1. The summed E-state index contributed by atoms with van der Waals surface area (Å²) in [5.41, 5.74) is 3.73. The number of hydrogen-bond acceptors (Lipinski definition) is 3. The minimum Gasteiger partial charge on any atom is -0.441 e. The standard InChI is InChI=1S/C21H28N2O2/c1-22-13-9-19(10-14-22)18-7-5-17(6-8-18)15-23-16-21(25-20(23)24)11-3-2-4-12-21/h5-9H,2-4,10-16H2,1H3. The minimum atomic E-state index is -0.200. The van der Waals surface area contributed by atoms with Gasteiger partial charge in [-0.15, -0.1) is 0 Å². The molecular weight excluding hydrogens is 312 g/mol. The molecule has 2 fully saturated rings. The fourth-order valence-corrected chi connectivity index (χ4v) is 4.35. The van der Waals surface area contributed by atoms with E-state index in [9.17, 15) is 4.79 Å². The molecule has 1 aromatic carbocycles. The Morgan fingerprint density at radius 1 is 1.12 bits per heavy atom. The van der Waals surface area contributed by atoms with E-state index in [4.69, 9.17) is 4.74 Å². The average molecular weight is 340 g/mol. The van der Waals surface area contributed by atoms with Crippen LogP contribution in [0.25, 0.3) is 5.57 Å². The molecular formula is C21H28N2O2. The Labute approximate surface area is 150 Å². The van der Waals surface area contributed by atoms with Gasteiger partial charge in [-0.1, -0.05) is 36.8 Å². The van der Waals surface area contributed by atoms with Crippen molar-refractivity contribution in [3.8, 4) is 0 Å². The van der Waals surface area contributed by atoms with Gasteiger partial charge in [0.2, 0.25) is 0 Å². The molecule has 2 heterocycles. The zero-order valence-corrected chi connectivity index (χ0v) is 15.2. The number of nitrogens with zero attached hydrogens (tertiary/aromatic N) is 2. The smallest absolute Gasteiger partial charge is 0.410 e. The molecule has 0 bridgehead atoms. The SMILES string of the molecule is CN1CC=C(c2ccc(CN3CC4(CCCCC4)OC3=O)cc2)CC1. The van der Waals surface area contributed by atoms with Crippen molar-refractivity contribution in [2.75, 3.05) is 26.7 Å². The molecule has 3 aliphatic rings. The molecule has 4 rings (SSSR count). The summed E-state index contributed by atoms with van der Waals surface area (Å²) in [5, 5.41) is 0. The number of benzene rings is 1. The van der Waals surface area contributed by atoms with Gasteiger partial charge in [0.1, 0.15) is 5.60 Å². The molecule has 0 radical (unpaired) electrons. The number of hydrogen-bond donors (Lipinski definition) is 0. The van der Waals surface area contributed by atoms with Crippen molar-refractivity contribution in [2.24, 2.45) is 0 Å². The predicted octanol–water partition coefficient (Wildman–Crippen LogP) is 4.06. The highest BCUT2D eigenvalue weighted by atomic mass is 16.6. The Balaban J connectivity index is 1.40. The number of ether oxygens (including phenoxy) is 1. The van der Waals surface area contributed by atoms with Crippen LogP contribution >= 0.6 is 0 Å². The third kappa shape index (κ3) is 3.59. The van der Waals surface area contributed by atoms with Crippen molar-refractivity contribution >= 4 is 11.7 Å². The molecule has 2 aliphatic heterocycles. The van der Waals surface area contributed by atoms with Crippen LogP contribution in [0.15, 0.2) is 30.3 Å². The van der Waals surface area contributed by atoms with Crippen LogP contribution in [0.1, 0.15) is 49.7 Å². The third-order valence-corrected chi connectivity index (χ3v) is 5.92. The molecule has 0 unspecified atom stereocenters. The highest BCUT2D eigenvalue weighted by Crippen LogP contribution is 2.37. The topological polar surface area (TPSA) is 32.8 Å². The summed E-state index contributed by atoms with van der Waals surface area (Å²) in [7, 11) is 2.16. The van der Waals surface area contributed by atoms with Crippen LogP contribution in [0.5, 0.6) is 0 Å². The van der Waals surface area contributed by atoms with E-state index < -0.39 is 0 Å². The molecule has 1 spiro atoms. The second-order valence-electron chi connectivity index (χ2n) is 7.91. The summed E-state index contributed by atoms with van der Waals surface area (Å²) >= 11 is 0. The van der Waals surface area contributed by atoms with Gasteiger partial charge in [0.15, 0.2) is 0 Å². The van der Waals surface area contributed by atoms with E-state index in [0.717, 1.165) is 38.9 Å². The lowest BCUT2D eigenvalue weighted by Crippen LogP contribution is -2.36. The maximum atomic E-state index is 12.3. The highest BCUT2D eigenvalue weighted by Gasteiger charge is 2.45. The fourth-order valence-electron chi connectivity index (χ4n) is 4.35. The fraction of sp³-hybridized carbons (Fsp3) is 0.571. The van der Waals surface area contributed by atoms with Crippen LogP contribution < -0.4 is 0 Å². The molecule has 1 aliphatic carbocycles. The molecule has 1 saturated heterocycles. The van der Waals surface area contributed by atoms with Gasteiger partial charge in [-0.2, -0.15) is 0 Å². The van der Waals surface area contributed by atoms with Gasteiger partial charge in [-0.3, -0.25) is 4.90 Å². The van der Waals surface area contributed by atoms with Crippen molar-refractivity contribution in [3.63, 3.8) is 0 Å². The summed E-state index contributed by atoms with van der Waals surface area (Å²) in [6.07, 6.45) is 8.98. The Kier molecular flexibility index (Phi) is 4.55. The Morgan fingerprint density at radius 2 is 1.88 bits per heavy atom. The van der Waals surface area contributed by atoms with Crippen molar-refractivity contribution in [1.29, 1.82) is 0 Å². The highest BCUT2D eigenvalue weighted by molar-refractivity contribution is 5.71. The van der Waals surface area contributed by atoms with Gasteiger partial charge in [-0.05, 0) is 55.9 Å². The zero-order valence-electron chi connectivity index (χ0n) is 15.2. The summed E-state index contributed by atoms with van der Waals surface area (Å²) in [4.78, 5) is 16.5. The molecule has 0 atom stereocenters. The first-order chi connectivity index (χ1) is 12.1. The molecule has 4 heteroatoms. The first-order valence-corrected chi connectivity index (χ1v) is 9.58. The second-order valence-corrected chi connectivity index (χ2v) is 7.91. The number of likely N-dealkylation sites (N-methyl/N-ethyl adjacent to an activating group) is 1. The van der Waals surface area contributed by atoms with E-state index in [2.05, 4.69) is 42.3 Å². The molecule has 1 amide bonds. The molecule has 1 aromatic rings. The molecule has 25 heavy (non-hydrogen) atoms. The zero-order chi connectivity index (χ0) is 17.3. The minimum absolute atomic E-state index is 0.135. The number of carbonyl (C=O) groups excluding carboxylic acids is 1. The van der Waals surface area contributed by atoms with Crippen molar-refractivity contribution in [2.45, 2.75) is 50.7 Å². The van der Waals surface area contributed by atoms with E-state index >= 15 is 0 Å². The average Bonchev–Trinajstić information content (AvgIpc) is 2.92. The maximum absolute atomic E-state index is 12.3. The first-order valence-electron chi connectivity index (χ1n) is 9.58. The van der Waals surface area contributed by atoms with Crippen molar-refractivity contribution in [1.82, 2.24) is 9.80 Å². The summed E-state index contributed by atoms with van der Waals surface area (Å²) in [6.45, 7) is 3.56. The predicted molar refractivity (Wildman–Crippen MR) is 99.2 cm³/mol. The summed E-state index contributed by atoms with van der Waals surface area (Å²) in [5.74, 6) is 0. The van der Waals surface area contributed by atoms with E-state index in [0.29, 0.717) is 6.54 Å². The lowest BCUT2D eigenvalue weighted by molar-refractivity contribution is 0.0260. The Bertz CT molecular complexity index is 659. The van der Waals surface area contributed by atoms with Crippen molar-refractivity contribution in [3.05, 3.63) is 41.5 Å². The van der Waals surface area contributed by atoms with Gasteiger partial charge >= 0.3 is 6.09 Å². The maximum Gasteiger partial charge on any atom is 0.410 e. The van der Waals surface area contributed by atoms with Gasteiger partial charge in [0, 0.05) is 19.6 Å². The monoisotopic (exact) mass is 340 g/mol. The van der Waals surface area contributed by atoms with Crippen LogP contribution in [-0.4, -0.2) is 48.2 Å². The van der Waals surface area contributed by atoms with Crippen LogP contribution in [0.3, 0.4) is 0 Å². The molecule has 0 N–H and O–H groups in total. The molecule has 134 valence electrons. The molecule has 0 aromatic heterocycles. The van der Waals surface area contributed by atoms with Gasteiger partial charge < -0.3 is 9.64 Å². The quantitative estimate of drug-likeness (QED) is 0.832. The van der Waals surface area contributed by atoms with E-state index in [1.54, 1.807) is 0 Å². The first kappa shape index (κ1) is 16.6. The van der Waals surface area contributed by atoms with E-state index in [-0.39, 0.29) is 11.7 Å². The lowest BCUT2D eigenvalue weighted by atomic mass is 9.85. The van der Waals surface area contributed by atoms with Gasteiger partial charge in [0.25, 0.3) is 0 Å².